The van der Waals surface area contributed by atoms with Crippen molar-refractivity contribution in [2.24, 2.45) is 5.41 Å². The number of benzene rings is 1. The molecule has 0 amide bonds. The highest BCUT2D eigenvalue weighted by Gasteiger charge is 2.46. The van der Waals surface area contributed by atoms with Gasteiger partial charge < -0.3 is 9.84 Å². The molecule has 1 aromatic rings. The van der Waals surface area contributed by atoms with Crippen molar-refractivity contribution in [2.75, 3.05) is 7.11 Å². The Hall–Kier alpha value is -1.02. The molecule has 2 rings (SSSR count). The van der Waals surface area contributed by atoms with E-state index in [4.69, 9.17) is 4.74 Å². The van der Waals surface area contributed by atoms with Crippen LogP contribution in [0.15, 0.2) is 18.2 Å². The summed E-state index contributed by atoms with van der Waals surface area (Å²) in [5.41, 5.74) is 1.42. The third-order valence-corrected chi connectivity index (χ3v) is 3.76. The van der Waals surface area contributed by atoms with Gasteiger partial charge in [-0.2, -0.15) is 0 Å². The van der Waals surface area contributed by atoms with Crippen LogP contribution < -0.4 is 4.74 Å². The number of aliphatic hydroxyl groups is 1. The van der Waals surface area contributed by atoms with Crippen molar-refractivity contribution >= 4 is 0 Å². The summed E-state index contributed by atoms with van der Waals surface area (Å²) in [7, 11) is 1.66. The van der Waals surface area contributed by atoms with Gasteiger partial charge in [0.2, 0.25) is 0 Å². The van der Waals surface area contributed by atoms with Crippen LogP contribution in [-0.2, 0) is 12.0 Å². The van der Waals surface area contributed by atoms with E-state index in [1.807, 2.05) is 12.1 Å². The fraction of sp³-hybridized carbons (Fsp3) is 0.571. The lowest BCUT2D eigenvalue weighted by Crippen LogP contribution is -2.37. The quantitative estimate of drug-likeness (QED) is 0.788. The summed E-state index contributed by atoms with van der Waals surface area (Å²) in [6.45, 7) is 6.25. The summed E-state index contributed by atoms with van der Waals surface area (Å²) >= 11 is 0. The van der Waals surface area contributed by atoms with Crippen molar-refractivity contribution in [3.8, 4) is 5.75 Å². The standard InChI is InChI=1S/C14H20O2/c1-13(2,3)14(15)8-7-10-5-6-11(16-4)9-12(10)14/h5-6,9,15H,7-8H2,1-4H3. The van der Waals surface area contributed by atoms with Gasteiger partial charge in [0.05, 0.1) is 12.7 Å². The van der Waals surface area contributed by atoms with Crippen LogP contribution in [0.3, 0.4) is 0 Å². The fourth-order valence-corrected chi connectivity index (χ4v) is 2.51. The van der Waals surface area contributed by atoms with Crippen LogP contribution in [0.2, 0.25) is 0 Å². The summed E-state index contributed by atoms with van der Waals surface area (Å²) in [6.07, 6.45) is 1.76. The van der Waals surface area contributed by atoms with Crippen molar-refractivity contribution in [3.05, 3.63) is 29.3 Å². The Morgan fingerprint density at radius 2 is 2.00 bits per heavy atom. The van der Waals surface area contributed by atoms with Crippen LogP contribution in [0.25, 0.3) is 0 Å². The Labute approximate surface area is 97.3 Å². The van der Waals surface area contributed by atoms with Gasteiger partial charge in [0.15, 0.2) is 0 Å². The molecule has 1 N–H and O–H groups in total. The van der Waals surface area contributed by atoms with Gasteiger partial charge in [-0.3, -0.25) is 0 Å². The zero-order valence-corrected chi connectivity index (χ0v) is 10.5. The lowest BCUT2D eigenvalue weighted by atomic mass is 9.73. The van der Waals surface area contributed by atoms with Gasteiger partial charge in [0.1, 0.15) is 5.75 Å². The second-order valence-corrected chi connectivity index (χ2v) is 5.63. The molecule has 1 aliphatic rings. The molecule has 2 nitrogen and oxygen atoms in total. The van der Waals surface area contributed by atoms with Gasteiger partial charge in [-0.1, -0.05) is 26.8 Å². The first-order valence-electron chi connectivity index (χ1n) is 5.78. The molecular weight excluding hydrogens is 200 g/mol. The van der Waals surface area contributed by atoms with E-state index < -0.39 is 5.60 Å². The van der Waals surface area contributed by atoms with Crippen LogP contribution in [0.5, 0.6) is 5.75 Å². The monoisotopic (exact) mass is 220 g/mol. The van der Waals surface area contributed by atoms with Crippen molar-refractivity contribution in [3.63, 3.8) is 0 Å². The highest BCUT2D eigenvalue weighted by Crippen LogP contribution is 2.49. The van der Waals surface area contributed by atoms with Crippen LogP contribution in [-0.4, -0.2) is 12.2 Å². The number of hydrogen-bond donors (Lipinski definition) is 1. The van der Waals surface area contributed by atoms with E-state index in [2.05, 4.69) is 26.8 Å². The van der Waals surface area contributed by atoms with Crippen molar-refractivity contribution in [1.82, 2.24) is 0 Å². The molecule has 88 valence electrons. The summed E-state index contributed by atoms with van der Waals surface area (Å²) in [4.78, 5) is 0. The number of methoxy groups -OCH3 is 1. The minimum Gasteiger partial charge on any atom is -0.497 e. The number of aryl methyl sites for hydroxylation is 1. The normalized spacial score (nSPS) is 24.3. The zero-order valence-electron chi connectivity index (χ0n) is 10.5. The van der Waals surface area contributed by atoms with Crippen molar-refractivity contribution in [1.29, 1.82) is 0 Å². The SMILES string of the molecule is COc1ccc2c(c1)C(O)(C(C)(C)C)CC2. The summed E-state index contributed by atoms with van der Waals surface area (Å²) in [5, 5.41) is 10.8. The molecule has 0 spiro atoms. The Morgan fingerprint density at radius 3 is 2.56 bits per heavy atom. The Morgan fingerprint density at radius 1 is 1.31 bits per heavy atom. The largest absolute Gasteiger partial charge is 0.497 e. The summed E-state index contributed by atoms with van der Waals surface area (Å²) in [6, 6.07) is 6.01. The minimum absolute atomic E-state index is 0.148. The van der Waals surface area contributed by atoms with E-state index in [1.54, 1.807) is 7.11 Å². The number of fused-ring (bicyclic) bond motifs is 1. The molecule has 0 aromatic heterocycles. The van der Waals surface area contributed by atoms with E-state index >= 15 is 0 Å². The predicted octanol–water partition coefficient (Wildman–Crippen LogP) is 2.88. The average Bonchev–Trinajstić information content (AvgIpc) is 2.56. The highest BCUT2D eigenvalue weighted by atomic mass is 16.5. The average molecular weight is 220 g/mol. The van der Waals surface area contributed by atoms with E-state index in [9.17, 15) is 5.11 Å². The van der Waals surface area contributed by atoms with Crippen LogP contribution in [0.4, 0.5) is 0 Å². The maximum atomic E-state index is 10.8. The first-order valence-corrected chi connectivity index (χ1v) is 5.78. The molecule has 0 saturated heterocycles. The van der Waals surface area contributed by atoms with Gasteiger partial charge in [-0.05, 0) is 41.5 Å². The van der Waals surface area contributed by atoms with Crippen LogP contribution in [0, 0.1) is 5.41 Å². The maximum Gasteiger partial charge on any atom is 0.119 e. The lowest BCUT2D eigenvalue weighted by molar-refractivity contribution is -0.0623. The molecule has 0 heterocycles. The number of hydrogen-bond acceptors (Lipinski definition) is 2. The molecular formula is C14H20O2. The van der Waals surface area contributed by atoms with Crippen molar-refractivity contribution in [2.45, 2.75) is 39.2 Å². The predicted molar refractivity (Wildman–Crippen MR) is 64.7 cm³/mol. The van der Waals surface area contributed by atoms with Crippen molar-refractivity contribution < 1.29 is 9.84 Å². The minimum atomic E-state index is -0.725. The maximum absolute atomic E-state index is 10.8. The first-order chi connectivity index (χ1) is 7.38. The molecule has 2 heteroatoms. The number of ether oxygens (including phenoxy) is 1. The molecule has 1 aromatic carbocycles. The van der Waals surface area contributed by atoms with Gasteiger partial charge in [-0.15, -0.1) is 0 Å². The van der Waals surface area contributed by atoms with Crippen LogP contribution in [0.1, 0.15) is 38.3 Å². The smallest absolute Gasteiger partial charge is 0.119 e. The van der Waals surface area contributed by atoms with Gasteiger partial charge in [0.25, 0.3) is 0 Å². The van der Waals surface area contributed by atoms with E-state index in [-0.39, 0.29) is 5.41 Å². The second-order valence-electron chi connectivity index (χ2n) is 5.63. The summed E-state index contributed by atoms with van der Waals surface area (Å²) in [5.74, 6) is 0.823. The molecule has 1 aliphatic carbocycles. The molecule has 1 unspecified atom stereocenters. The second kappa shape index (κ2) is 3.49. The first kappa shape index (κ1) is 11.5. The Bertz CT molecular complexity index is 404. The van der Waals surface area contributed by atoms with Crippen LogP contribution >= 0.6 is 0 Å². The zero-order chi connectivity index (χ0) is 12.0. The number of rotatable bonds is 1. The topological polar surface area (TPSA) is 29.5 Å². The Kier molecular flexibility index (Phi) is 2.50. The lowest BCUT2D eigenvalue weighted by Gasteiger charge is -2.38. The van der Waals surface area contributed by atoms with Gasteiger partial charge in [-0.25, -0.2) is 0 Å². The summed E-state index contributed by atoms with van der Waals surface area (Å²) < 4.78 is 5.23. The van der Waals surface area contributed by atoms with Gasteiger partial charge in [0, 0.05) is 0 Å². The molecule has 0 bridgehead atoms. The third-order valence-electron chi connectivity index (χ3n) is 3.76. The molecule has 0 saturated carbocycles. The van der Waals surface area contributed by atoms with E-state index in [0.29, 0.717) is 0 Å². The van der Waals surface area contributed by atoms with E-state index in [0.717, 1.165) is 24.2 Å². The van der Waals surface area contributed by atoms with Gasteiger partial charge >= 0.3 is 0 Å². The molecule has 0 aliphatic heterocycles. The van der Waals surface area contributed by atoms with E-state index in [1.165, 1.54) is 5.56 Å². The Balaban J connectivity index is 2.53. The molecule has 0 fully saturated rings. The fourth-order valence-electron chi connectivity index (χ4n) is 2.51. The molecule has 0 radical (unpaired) electrons. The molecule has 16 heavy (non-hydrogen) atoms. The third kappa shape index (κ3) is 1.52. The molecule has 1 atom stereocenters. The highest BCUT2D eigenvalue weighted by molar-refractivity contribution is 5.43.